The molecule has 5 heteroatoms. The molecule has 0 radical (unpaired) electrons. The van der Waals surface area contributed by atoms with Crippen molar-refractivity contribution in [3.8, 4) is 0 Å². The quantitative estimate of drug-likeness (QED) is 0.677. The van der Waals surface area contributed by atoms with Crippen LogP contribution in [-0.4, -0.2) is 48.1 Å². The first-order chi connectivity index (χ1) is 8.27. The molecule has 1 aromatic heterocycles. The fraction of sp³-hybridized carbons (Fsp3) is 0.583. The van der Waals surface area contributed by atoms with Crippen molar-refractivity contribution in [2.75, 3.05) is 38.7 Å². The highest BCUT2D eigenvalue weighted by atomic mass is 79.9. The Morgan fingerprint density at radius 1 is 1.35 bits per heavy atom. The smallest absolute Gasteiger partial charge is 0.250 e. The summed E-state index contributed by atoms with van der Waals surface area (Å²) < 4.78 is 6.80. The summed E-state index contributed by atoms with van der Waals surface area (Å²) in [6, 6.07) is 5.23. The Morgan fingerprint density at radius 2 is 2.18 bits per heavy atom. The van der Waals surface area contributed by atoms with E-state index >= 15 is 0 Å². The van der Waals surface area contributed by atoms with Crippen LogP contribution in [-0.2, 0) is 11.3 Å². The molecule has 0 N–H and O–H groups in total. The van der Waals surface area contributed by atoms with E-state index in [-0.39, 0.29) is 5.56 Å². The minimum atomic E-state index is 0.0537. The molecule has 0 atom stereocenters. The molecule has 0 aliphatic heterocycles. The Bertz CT molecular complexity index is 368. The van der Waals surface area contributed by atoms with Gasteiger partial charge in [-0.25, -0.2) is 0 Å². The molecule has 0 spiro atoms. The second-order valence-electron chi connectivity index (χ2n) is 3.76. The SMILES string of the molecule is COCCN(CCBr)CCn1ccccc1=O. The summed E-state index contributed by atoms with van der Waals surface area (Å²) in [5, 5.41) is 0.931. The maximum absolute atomic E-state index is 11.5. The topological polar surface area (TPSA) is 34.5 Å². The predicted molar refractivity (Wildman–Crippen MR) is 72.8 cm³/mol. The van der Waals surface area contributed by atoms with Crippen LogP contribution in [0.3, 0.4) is 0 Å². The van der Waals surface area contributed by atoms with Crippen molar-refractivity contribution >= 4 is 15.9 Å². The van der Waals surface area contributed by atoms with Crippen LogP contribution < -0.4 is 5.56 Å². The number of rotatable bonds is 8. The van der Waals surface area contributed by atoms with Crippen LogP contribution in [0.4, 0.5) is 0 Å². The lowest BCUT2D eigenvalue weighted by atomic mass is 10.4. The first-order valence-electron chi connectivity index (χ1n) is 5.70. The van der Waals surface area contributed by atoms with Crippen molar-refractivity contribution in [1.29, 1.82) is 0 Å². The Labute approximate surface area is 110 Å². The largest absolute Gasteiger partial charge is 0.383 e. The monoisotopic (exact) mass is 302 g/mol. The maximum Gasteiger partial charge on any atom is 0.250 e. The standard InChI is InChI=1S/C12H19BrN2O2/c1-17-11-10-14(7-5-13)8-9-15-6-3-2-4-12(15)16/h2-4,6H,5,7-11H2,1H3. The summed E-state index contributed by atoms with van der Waals surface area (Å²) in [6.45, 7) is 4.15. The lowest BCUT2D eigenvalue weighted by Crippen LogP contribution is -2.34. The molecule has 0 saturated carbocycles. The summed E-state index contributed by atoms with van der Waals surface area (Å²) in [6.07, 6.45) is 1.82. The fourth-order valence-corrected chi connectivity index (χ4v) is 2.07. The van der Waals surface area contributed by atoms with Gasteiger partial charge >= 0.3 is 0 Å². The minimum Gasteiger partial charge on any atom is -0.383 e. The zero-order chi connectivity index (χ0) is 12.5. The molecular formula is C12H19BrN2O2. The second-order valence-corrected chi connectivity index (χ2v) is 4.55. The van der Waals surface area contributed by atoms with Crippen LogP contribution in [0.5, 0.6) is 0 Å². The summed E-state index contributed by atoms with van der Waals surface area (Å²) in [5.41, 5.74) is 0.0537. The van der Waals surface area contributed by atoms with E-state index in [2.05, 4.69) is 20.8 Å². The maximum atomic E-state index is 11.5. The molecule has 0 amide bonds. The number of pyridine rings is 1. The van der Waals surface area contributed by atoms with E-state index in [1.807, 2.05) is 12.3 Å². The third-order valence-corrected chi connectivity index (χ3v) is 2.92. The van der Waals surface area contributed by atoms with Crippen molar-refractivity contribution in [2.24, 2.45) is 0 Å². The molecule has 0 aliphatic rings. The van der Waals surface area contributed by atoms with Gasteiger partial charge in [0.25, 0.3) is 5.56 Å². The molecule has 0 aliphatic carbocycles. The first kappa shape index (κ1) is 14.4. The van der Waals surface area contributed by atoms with Crippen LogP contribution >= 0.6 is 15.9 Å². The number of alkyl halides is 1. The molecule has 4 nitrogen and oxygen atoms in total. The number of ether oxygens (including phenoxy) is 1. The normalized spacial score (nSPS) is 11.0. The molecule has 0 aromatic carbocycles. The Morgan fingerprint density at radius 3 is 2.82 bits per heavy atom. The fourth-order valence-electron chi connectivity index (χ4n) is 1.57. The van der Waals surface area contributed by atoms with Gasteiger partial charge in [0.1, 0.15) is 0 Å². The zero-order valence-electron chi connectivity index (χ0n) is 10.1. The molecule has 1 aromatic rings. The molecule has 0 fully saturated rings. The van der Waals surface area contributed by atoms with E-state index in [0.29, 0.717) is 0 Å². The van der Waals surface area contributed by atoms with Crippen molar-refractivity contribution in [1.82, 2.24) is 9.47 Å². The zero-order valence-corrected chi connectivity index (χ0v) is 11.7. The van der Waals surface area contributed by atoms with E-state index < -0.39 is 0 Å². The summed E-state index contributed by atoms with van der Waals surface area (Å²) in [5.74, 6) is 0. The van der Waals surface area contributed by atoms with Gasteiger partial charge in [0.2, 0.25) is 0 Å². The lowest BCUT2D eigenvalue weighted by Gasteiger charge is -2.21. The van der Waals surface area contributed by atoms with E-state index in [1.165, 1.54) is 0 Å². The summed E-state index contributed by atoms with van der Waals surface area (Å²) in [4.78, 5) is 13.8. The van der Waals surface area contributed by atoms with Crippen LogP contribution in [0.2, 0.25) is 0 Å². The molecular weight excluding hydrogens is 284 g/mol. The van der Waals surface area contributed by atoms with Gasteiger partial charge in [-0.1, -0.05) is 22.0 Å². The summed E-state index contributed by atoms with van der Waals surface area (Å²) >= 11 is 3.43. The Hall–Kier alpha value is -0.650. The second kappa shape index (κ2) is 8.44. The van der Waals surface area contributed by atoms with Gasteiger partial charge in [-0.15, -0.1) is 0 Å². The molecule has 0 unspecified atom stereocenters. The Kier molecular flexibility index (Phi) is 7.16. The van der Waals surface area contributed by atoms with Gasteiger partial charge in [-0.2, -0.15) is 0 Å². The number of nitrogens with zero attached hydrogens (tertiary/aromatic N) is 2. The molecule has 1 rings (SSSR count). The highest BCUT2D eigenvalue weighted by Gasteiger charge is 2.04. The highest BCUT2D eigenvalue weighted by molar-refractivity contribution is 9.09. The highest BCUT2D eigenvalue weighted by Crippen LogP contribution is 1.93. The average molecular weight is 303 g/mol. The molecule has 0 bridgehead atoms. The summed E-state index contributed by atoms with van der Waals surface area (Å²) in [7, 11) is 1.70. The molecule has 0 saturated heterocycles. The predicted octanol–water partition coefficient (Wildman–Crippen LogP) is 1.19. The third kappa shape index (κ3) is 5.48. The number of halogens is 1. The average Bonchev–Trinajstić information content (AvgIpc) is 2.34. The van der Waals surface area contributed by atoms with Crippen LogP contribution in [0.1, 0.15) is 0 Å². The van der Waals surface area contributed by atoms with Gasteiger partial charge in [0, 0.05) is 50.9 Å². The van der Waals surface area contributed by atoms with Crippen molar-refractivity contribution < 1.29 is 4.74 Å². The number of methoxy groups -OCH3 is 1. The van der Waals surface area contributed by atoms with Crippen molar-refractivity contribution in [3.63, 3.8) is 0 Å². The van der Waals surface area contributed by atoms with Gasteiger partial charge in [-0.3, -0.25) is 9.69 Å². The van der Waals surface area contributed by atoms with Crippen LogP contribution in [0.25, 0.3) is 0 Å². The van der Waals surface area contributed by atoms with Gasteiger partial charge in [0.15, 0.2) is 0 Å². The van der Waals surface area contributed by atoms with Gasteiger partial charge in [-0.05, 0) is 6.07 Å². The van der Waals surface area contributed by atoms with Crippen molar-refractivity contribution in [3.05, 3.63) is 34.7 Å². The minimum absolute atomic E-state index is 0.0537. The van der Waals surface area contributed by atoms with Crippen LogP contribution in [0, 0.1) is 0 Å². The third-order valence-electron chi connectivity index (χ3n) is 2.57. The molecule has 17 heavy (non-hydrogen) atoms. The molecule has 96 valence electrons. The number of aromatic nitrogens is 1. The van der Waals surface area contributed by atoms with Gasteiger partial charge < -0.3 is 9.30 Å². The number of hydrogen-bond acceptors (Lipinski definition) is 3. The lowest BCUT2D eigenvalue weighted by molar-refractivity contribution is 0.149. The molecule has 1 heterocycles. The van der Waals surface area contributed by atoms with Crippen LogP contribution in [0.15, 0.2) is 29.2 Å². The van der Waals surface area contributed by atoms with Gasteiger partial charge in [0.05, 0.1) is 6.61 Å². The van der Waals surface area contributed by atoms with E-state index in [9.17, 15) is 4.79 Å². The van der Waals surface area contributed by atoms with E-state index in [4.69, 9.17) is 4.74 Å². The number of hydrogen-bond donors (Lipinski definition) is 0. The van der Waals surface area contributed by atoms with E-state index in [1.54, 1.807) is 23.8 Å². The van der Waals surface area contributed by atoms with Crippen molar-refractivity contribution in [2.45, 2.75) is 6.54 Å². The Balaban J connectivity index is 2.45. The first-order valence-corrected chi connectivity index (χ1v) is 6.83. The van der Waals surface area contributed by atoms with E-state index in [0.717, 1.165) is 38.1 Å².